The molecule has 2 aromatic carbocycles. The summed E-state index contributed by atoms with van der Waals surface area (Å²) in [5.74, 6) is 0.970. The van der Waals surface area contributed by atoms with Gasteiger partial charge in [-0.3, -0.25) is 0 Å². The summed E-state index contributed by atoms with van der Waals surface area (Å²) < 4.78 is 0. The van der Waals surface area contributed by atoms with Crippen molar-refractivity contribution >= 4 is 21.9 Å². The number of nitrogens with zero attached hydrogens (tertiary/aromatic N) is 1. The average Bonchev–Trinajstić information content (AvgIpc) is 3.12. The highest BCUT2D eigenvalue weighted by Gasteiger charge is 2.02. The van der Waals surface area contributed by atoms with E-state index in [0.717, 1.165) is 29.9 Å². The third-order valence-electron chi connectivity index (χ3n) is 3.68. The van der Waals surface area contributed by atoms with Crippen LogP contribution in [0, 0.1) is 0 Å². The monoisotopic (exact) mass is 276 g/mol. The lowest BCUT2D eigenvalue weighted by Crippen LogP contribution is -2.13. The number of benzene rings is 2. The number of nitrogens with one attached hydrogen (secondary N) is 3. The summed E-state index contributed by atoms with van der Waals surface area (Å²) in [6.45, 7) is 1.56. The Kier molecular flexibility index (Phi) is 2.94. The molecular formula is C17H16N4. The Morgan fingerprint density at radius 1 is 0.952 bits per heavy atom. The molecule has 3 N–H and O–H groups in total. The van der Waals surface area contributed by atoms with Gasteiger partial charge in [-0.15, -0.1) is 0 Å². The van der Waals surface area contributed by atoms with E-state index in [1.165, 1.54) is 16.5 Å². The highest BCUT2D eigenvalue weighted by atomic mass is 15.0. The lowest BCUT2D eigenvalue weighted by Gasteiger charge is -2.03. The van der Waals surface area contributed by atoms with Gasteiger partial charge < -0.3 is 15.3 Å². The molecule has 0 aliphatic carbocycles. The quantitative estimate of drug-likeness (QED) is 0.535. The molecule has 0 aliphatic rings. The zero-order chi connectivity index (χ0) is 14.1. The minimum Gasteiger partial charge on any atom is -0.361 e. The van der Waals surface area contributed by atoms with E-state index in [0.29, 0.717) is 0 Å². The molecule has 0 fully saturated rings. The van der Waals surface area contributed by atoms with E-state index in [1.54, 1.807) is 0 Å². The van der Waals surface area contributed by atoms with Crippen LogP contribution in [0.2, 0.25) is 0 Å². The molecule has 0 unspecified atom stereocenters. The first-order valence-electron chi connectivity index (χ1n) is 7.09. The first kappa shape index (κ1) is 12.2. The van der Waals surface area contributed by atoms with Crippen molar-refractivity contribution in [1.29, 1.82) is 0 Å². The Morgan fingerprint density at radius 2 is 1.90 bits per heavy atom. The number of H-pyrrole nitrogens is 2. The number of aromatic amines is 2. The average molecular weight is 276 g/mol. The predicted molar refractivity (Wildman–Crippen MR) is 84.9 cm³/mol. The second-order valence-corrected chi connectivity index (χ2v) is 5.20. The minimum absolute atomic E-state index is 0.734. The SMILES string of the molecule is c1ccc2[nH]c(CNCc3ccc4cc[nH]c4c3)nc2c1. The van der Waals surface area contributed by atoms with E-state index in [1.807, 2.05) is 30.5 Å². The first-order chi connectivity index (χ1) is 10.4. The molecule has 104 valence electrons. The van der Waals surface area contributed by atoms with E-state index in [9.17, 15) is 0 Å². The van der Waals surface area contributed by atoms with Crippen molar-refractivity contribution in [3.05, 3.63) is 66.1 Å². The van der Waals surface area contributed by atoms with Crippen LogP contribution in [-0.2, 0) is 13.1 Å². The third-order valence-corrected chi connectivity index (χ3v) is 3.68. The molecule has 0 bridgehead atoms. The second-order valence-electron chi connectivity index (χ2n) is 5.20. The van der Waals surface area contributed by atoms with Gasteiger partial charge in [0.05, 0.1) is 17.6 Å². The molecule has 0 amide bonds. The number of hydrogen-bond acceptors (Lipinski definition) is 2. The van der Waals surface area contributed by atoms with Crippen LogP contribution in [0.3, 0.4) is 0 Å². The number of fused-ring (bicyclic) bond motifs is 2. The lowest BCUT2D eigenvalue weighted by molar-refractivity contribution is 0.671. The van der Waals surface area contributed by atoms with Crippen molar-refractivity contribution < 1.29 is 0 Å². The maximum Gasteiger partial charge on any atom is 0.121 e. The van der Waals surface area contributed by atoms with E-state index < -0.39 is 0 Å². The number of rotatable bonds is 4. The van der Waals surface area contributed by atoms with Gasteiger partial charge in [-0.2, -0.15) is 0 Å². The summed E-state index contributed by atoms with van der Waals surface area (Å²) in [4.78, 5) is 11.1. The fourth-order valence-electron chi connectivity index (χ4n) is 2.62. The Balaban J connectivity index is 1.44. The van der Waals surface area contributed by atoms with Crippen molar-refractivity contribution in [1.82, 2.24) is 20.3 Å². The van der Waals surface area contributed by atoms with Crippen molar-refractivity contribution in [2.75, 3.05) is 0 Å². The standard InChI is InChI=1S/C17H16N4/c1-2-4-15-14(3-1)20-17(21-15)11-18-10-12-5-6-13-7-8-19-16(13)9-12/h1-9,18-19H,10-11H2,(H,20,21). The summed E-state index contributed by atoms with van der Waals surface area (Å²) in [5, 5.41) is 4.67. The summed E-state index contributed by atoms with van der Waals surface area (Å²) in [5.41, 5.74) is 4.54. The van der Waals surface area contributed by atoms with Crippen molar-refractivity contribution in [2.24, 2.45) is 0 Å². The lowest BCUT2D eigenvalue weighted by atomic mass is 10.1. The Morgan fingerprint density at radius 3 is 2.86 bits per heavy atom. The Bertz CT molecular complexity index is 853. The van der Waals surface area contributed by atoms with Crippen molar-refractivity contribution in [3.8, 4) is 0 Å². The van der Waals surface area contributed by atoms with Gasteiger partial charge in [0, 0.05) is 18.3 Å². The molecule has 4 heteroatoms. The van der Waals surface area contributed by atoms with Crippen LogP contribution in [0.15, 0.2) is 54.7 Å². The van der Waals surface area contributed by atoms with Crippen LogP contribution >= 0.6 is 0 Å². The van der Waals surface area contributed by atoms with Crippen LogP contribution in [0.5, 0.6) is 0 Å². The van der Waals surface area contributed by atoms with Gasteiger partial charge >= 0.3 is 0 Å². The van der Waals surface area contributed by atoms with Gasteiger partial charge in [0.1, 0.15) is 5.82 Å². The minimum atomic E-state index is 0.734. The molecule has 2 heterocycles. The van der Waals surface area contributed by atoms with Gasteiger partial charge in [0.25, 0.3) is 0 Å². The van der Waals surface area contributed by atoms with Crippen LogP contribution in [0.1, 0.15) is 11.4 Å². The van der Waals surface area contributed by atoms with E-state index in [4.69, 9.17) is 0 Å². The van der Waals surface area contributed by atoms with Crippen LogP contribution in [0.4, 0.5) is 0 Å². The topological polar surface area (TPSA) is 56.5 Å². The van der Waals surface area contributed by atoms with Crippen LogP contribution < -0.4 is 5.32 Å². The highest BCUT2D eigenvalue weighted by Crippen LogP contribution is 2.14. The van der Waals surface area contributed by atoms with E-state index >= 15 is 0 Å². The number of para-hydroxylation sites is 2. The second kappa shape index (κ2) is 5.07. The van der Waals surface area contributed by atoms with Gasteiger partial charge in [-0.05, 0) is 35.2 Å². The molecular weight excluding hydrogens is 260 g/mol. The van der Waals surface area contributed by atoms with Crippen molar-refractivity contribution in [3.63, 3.8) is 0 Å². The maximum atomic E-state index is 4.56. The summed E-state index contributed by atoms with van der Waals surface area (Å²) in [7, 11) is 0. The van der Waals surface area contributed by atoms with E-state index in [2.05, 4.69) is 44.5 Å². The molecule has 21 heavy (non-hydrogen) atoms. The number of hydrogen-bond donors (Lipinski definition) is 3. The molecule has 0 radical (unpaired) electrons. The van der Waals surface area contributed by atoms with Gasteiger partial charge in [0.15, 0.2) is 0 Å². The first-order valence-corrected chi connectivity index (χ1v) is 7.09. The summed E-state index contributed by atoms with van der Waals surface area (Å²) >= 11 is 0. The smallest absolute Gasteiger partial charge is 0.121 e. The molecule has 4 nitrogen and oxygen atoms in total. The molecule has 0 saturated carbocycles. The maximum absolute atomic E-state index is 4.56. The van der Waals surface area contributed by atoms with E-state index in [-0.39, 0.29) is 0 Å². The fraction of sp³-hybridized carbons (Fsp3) is 0.118. The number of aromatic nitrogens is 3. The molecule has 0 aliphatic heterocycles. The van der Waals surface area contributed by atoms with Crippen LogP contribution in [0.25, 0.3) is 21.9 Å². The number of imidazole rings is 1. The summed E-state index contributed by atoms with van der Waals surface area (Å²) in [6.07, 6.45) is 1.97. The van der Waals surface area contributed by atoms with Crippen LogP contribution in [-0.4, -0.2) is 15.0 Å². The molecule has 0 saturated heterocycles. The largest absolute Gasteiger partial charge is 0.361 e. The molecule has 2 aromatic heterocycles. The third kappa shape index (κ3) is 2.41. The normalized spacial score (nSPS) is 11.4. The van der Waals surface area contributed by atoms with Gasteiger partial charge in [-0.25, -0.2) is 4.98 Å². The zero-order valence-corrected chi connectivity index (χ0v) is 11.6. The molecule has 0 atom stereocenters. The van der Waals surface area contributed by atoms with Gasteiger partial charge in [-0.1, -0.05) is 24.3 Å². The van der Waals surface area contributed by atoms with Gasteiger partial charge in [0.2, 0.25) is 0 Å². The zero-order valence-electron chi connectivity index (χ0n) is 11.6. The highest BCUT2D eigenvalue weighted by molar-refractivity contribution is 5.79. The fourth-order valence-corrected chi connectivity index (χ4v) is 2.62. The predicted octanol–water partition coefficient (Wildman–Crippen LogP) is 3.33. The molecule has 4 rings (SSSR count). The summed E-state index contributed by atoms with van der Waals surface area (Å²) in [6, 6.07) is 16.7. The molecule has 0 spiro atoms. The molecule has 4 aromatic rings. The Labute approximate surface area is 122 Å². The van der Waals surface area contributed by atoms with Crippen molar-refractivity contribution in [2.45, 2.75) is 13.1 Å². The Hall–Kier alpha value is -2.59.